The van der Waals surface area contributed by atoms with Crippen molar-refractivity contribution in [1.29, 1.82) is 0 Å². The van der Waals surface area contributed by atoms with Crippen LogP contribution in [0, 0.1) is 0 Å². The molecule has 0 spiro atoms. The highest BCUT2D eigenvalue weighted by molar-refractivity contribution is 5.76. The van der Waals surface area contributed by atoms with Gasteiger partial charge in [0.25, 0.3) is 5.79 Å². The Morgan fingerprint density at radius 2 is 1.76 bits per heavy atom. The van der Waals surface area contributed by atoms with E-state index in [0.717, 1.165) is 19.1 Å². The predicted octanol–water partition coefficient (Wildman–Crippen LogP) is -4.87. The average molecular weight is 559 g/mol. The summed E-state index contributed by atoms with van der Waals surface area (Å²) in [5, 5.41) is 79.8. The van der Waals surface area contributed by atoms with Crippen LogP contribution < -0.4 is 11.5 Å². The van der Waals surface area contributed by atoms with Crippen molar-refractivity contribution in [1.82, 2.24) is 0 Å². The predicted molar refractivity (Wildman–Crippen MR) is 126 cm³/mol. The first-order chi connectivity index (χ1) is 17.9. The number of carboxylic acids is 1. The molecule has 0 amide bonds. The number of hydrogen-bond acceptors (Lipinski definition) is 15. The number of aliphatic hydroxyl groups excluding tert-OH is 7. The monoisotopic (exact) mass is 558 g/mol. The van der Waals surface area contributed by atoms with Crippen LogP contribution in [0.5, 0.6) is 0 Å². The largest absolute Gasteiger partial charge is 0.477 e. The lowest BCUT2D eigenvalue weighted by Gasteiger charge is -2.46. The molecule has 0 bridgehead atoms. The lowest BCUT2D eigenvalue weighted by Crippen LogP contribution is -2.67. The third kappa shape index (κ3) is 9.09. The first-order valence-electron chi connectivity index (χ1n) is 12.3. The van der Waals surface area contributed by atoms with Crippen molar-refractivity contribution in [2.24, 2.45) is 11.5 Å². The first-order valence-corrected chi connectivity index (χ1v) is 12.3. The van der Waals surface area contributed by atoms with Gasteiger partial charge in [0, 0.05) is 13.0 Å². The van der Waals surface area contributed by atoms with Crippen LogP contribution in [0.25, 0.3) is 0 Å². The summed E-state index contributed by atoms with van der Waals surface area (Å²) < 4.78 is 21.7. The summed E-state index contributed by atoms with van der Waals surface area (Å²) in [6.45, 7) is 0.534. The van der Waals surface area contributed by atoms with Crippen molar-refractivity contribution in [3.8, 4) is 0 Å². The van der Waals surface area contributed by atoms with Gasteiger partial charge < -0.3 is 76.1 Å². The number of carboxylic acid groups (broad SMARTS) is 1. The molecule has 0 saturated carbocycles. The maximum absolute atomic E-state index is 12.1. The summed E-state index contributed by atoms with van der Waals surface area (Å²) in [7, 11) is 0. The molecule has 0 aromatic heterocycles. The molecule has 16 nitrogen and oxygen atoms in total. The molecule has 2 rings (SSSR count). The summed E-state index contributed by atoms with van der Waals surface area (Å²) in [5.41, 5.74) is 11.2. The lowest BCUT2D eigenvalue weighted by molar-refractivity contribution is -0.337. The second kappa shape index (κ2) is 16.7. The van der Waals surface area contributed by atoms with Gasteiger partial charge in [-0.15, -0.1) is 0 Å². The zero-order chi connectivity index (χ0) is 29.0. The third-order valence-corrected chi connectivity index (χ3v) is 6.15. The number of hydrogen-bond donors (Lipinski definition) is 10. The van der Waals surface area contributed by atoms with E-state index in [2.05, 4.69) is 0 Å². The van der Waals surface area contributed by atoms with Gasteiger partial charge >= 0.3 is 5.97 Å². The van der Waals surface area contributed by atoms with Crippen LogP contribution in [0.15, 0.2) is 0 Å². The number of rotatable bonds is 13. The minimum absolute atomic E-state index is 0.164. The van der Waals surface area contributed by atoms with Crippen molar-refractivity contribution in [3.63, 3.8) is 0 Å². The van der Waals surface area contributed by atoms with Gasteiger partial charge in [0.05, 0.1) is 25.4 Å². The molecule has 3 unspecified atom stereocenters. The van der Waals surface area contributed by atoms with Crippen molar-refractivity contribution in [3.05, 3.63) is 0 Å². The molecule has 0 aliphatic carbocycles. The van der Waals surface area contributed by atoms with Gasteiger partial charge in [-0.3, -0.25) is 0 Å². The molecule has 12 N–H and O–H groups in total. The Labute approximate surface area is 219 Å². The van der Waals surface area contributed by atoms with Crippen molar-refractivity contribution < 1.29 is 69.4 Å². The molecule has 2 fully saturated rings. The van der Waals surface area contributed by atoms with Crippen molar-refractivity contribution >= 4 is 12.3 Å². The molecule has 2 aliphatic rings. The van der Waals surface area contributed by atoms with E-state index >= 15 is 0 Å². The average Bonchev–Trinajstić information content (AvgIpc) is 2.89. The van der Waals surface area contributed by atoms with Crippen LogP contribution in [-0.2, 0) is 28.5 Å². The Kier molecular flexibility index (Phi) is 15.2. The highest BCUT2D eigenvalue weighted by atomic mass is 16.7. The van der Waals surface area contributed by atoms with Crippen LogP contribution in [0.4, 0.5) is 0 Å². The highest BCUT2D eigenvalue weighted by Crippen LogP contribution is 2.34. The molecule has 2 heterocycles. The molecule has 0 aromatic rings. The SMILES string of the molecule is CC=O.NCCCCCO[C@H]1OC(CO[C@]2(C(=O)O)C[C@@H](O)[C@@H](N)C([C@H](O)[C@H](O)CO)O2)[C@H](O)[C@H](O)C1O. The normalized spacial score (nSPS) is 37.0. The van der Waals surface area contributed by atoms with Crippen LogP contribution in [-0.4, -0.2) is 146 Å². The molecule has 16 heteroatoms. The van der Waals surface area contributed by atoms with E-state index in [1.165, 1.54) is 6.92 Å². The van der Waals surface area contributed by atoms with Crippen LogP contribution in [0.2, 0.25) is 0 Å². The number of nitrogens with two attached hydrogens (primary N) is 2. The second-order valence-electron chi connectivity index (χ2n) is 9.01. The van der Waals surface area contributed by atoms with E-state index in [0.29, 0.717) is 13.0 Å². The summed E-state index contributed by atoms with van der Waals surface area (Å²) in [5.74, 6) is -4.29. The van der Waals surface area contributed by atoms with E-state index in [-0.39, 0.29) is 6.61 Å². The molecule has 0 aromatic carbocycles. The highest BCUT2D eigenvalue weighted by Gasteiger charge is 2.55. The Hall–Kier alpha value is -1.38. The minimum Gasteiger partial charge on any atom is -0.477 e. The van der Waals surface area contributed by atoms with Crippen LogP contribution >= 0.6 is 0 Å². The molecule has 2 saturated heterocycles. The van der Waals surface area contributed by atoms with Gasteiger partial charge in [-0.1, -0.05) is 0 Å². The van der Waals surface area contributed by atoms with Gasteiger partial charge in [-0.05, 0) is 32.7 Å². The first kappa shape index (κ1) is 34.6. The van der Waals surface area contributed by atoms with Crippen molar-refractivity contribution in [2.45, 2.75) is 99.6 Å². The quantitative estimate of drug-likeness (QED) is 0.0748. The zero-order valence-electron chi connectivity index (χ0n) is 21.2. The summed E-state index contributed by atoms with van der Waals surface area (Å²) >= 11 is 0. The number of aliphatic hydroxyl groups is 7. The smallest absolute Gasteiger partial charge is 0.364 e. The van der Waals surface area contributed by atoms with Gasteiger partial charge in [0.15, 0.2) is 6.29 Å². The van der Waals surface area contributed by atoms with Crippen LogP contribution in [0.3, 0.4) is 0 Å². The number of ether oxygens (including phenoxy) is 4. The van der Waals surface area contributed by atoms with Gasteiger partial charge in [0.1, 0.15) is 49.0 Å². The molecule has 224 valence electrons. The van der Waals surface area contributed by atoms with E-state index in [1.807, 2.05) is 0 Å². The molecular weight excluding hydrogens is 516 g/mol. The fraction of sp³-hybridized carbons (Fsp3) is 0.909. The zero-order valence-corrected chi connectivity index (χ0v) is 21.2. The second-order valence-corrected chi connectivity index (χ2v) is 9.01. The van der Waals surface area contributed by atoms with E-state index in [1.54, 1.807) is 0 Å². The summed E-state index contributed by atoms with van der Waals surface area (Å²) in [6.07, 6.45) is -12.3. The molecule has 38 heavy (non-hydrogen) atoms. The van der Waals surface area contributed by atoms with Gasteiger partial charge in [-0.25, -0.2) is 4.79 Å². The molecular formula is C22H42N2O14. The van der Waals surface area contributed by atoms with Crippen LogP contribution in [0.1, 0.15) is 32.6 Å². The molecule has 11 atom stereocenters. The van der Waals surface area contributed by atoms with E-state index in [4.69, 9.17) is 40.3 Å². The van der Waals surface area contributed by atoms with Gasteiger partial charge in [0.2, 0.25) is 0 Å². The summed E-state index contributed by atoms with van der Waals surface area (Å²) in [4.78, 5) is 20.9. The standard InChI is InChI=1S/C20H38N2O13.C2H4O/c21-4-2-1-3-5-32-18-16(29)15(28)14(27)11(34-18)8-33-20(19(30)31)6-9(24)12(22)17(35-20)13(26)10(25)7-23;1-2-3/h9-18,23-29H,1-8,21-22H2,(H,30,31);2H,1H3/t9-,10-,11?,12-,13-,14+,15+,16?,17?,18+,20-;/m1./s1. The fourth-order valence-electron chi connectivity index (χ4n) is 3.92. The number of unbranched alkanes of at least 4 members (excludes halogenated alkanes) is 2. The maximum Gasteiger partial charge on any atom is 0.364 e. The van der Waals surface area contributed by atoms with Gasteiger partial charge in [-0.2, -0.15) is 0 Å². The summed E-state index contributed by atoms with van der Waals surface area (Å²) in [6, 6.07) is -1.33. The third-order valence-electron chi connectivity index (χ3n) is 6.15. The lowest BCUT2D eigenvalue weighted by atomic mass is 9.89. The van der Waals surface area contributed by atoms with Crippen molar-refractivity contribution in [2.75, 3.05) is 26.4 Å². The Morgan fingerprint density at radius 1 is 1.13 bits per heavy atom. The molecule has 0 radical (unpaired) electrons. The topological polar surface area (TPSA) is 285 Å². The number of aliphatic carboxylic acids is 1. The minimum atomic E-state index is -2.58. The molecule has 2 aliphatic heterocycles. The Morgan fingerprint density at radius 3 is 2.32 bits per heavy atom. The fourth-order valence-corrected chi connectivity index (χ4v) is 3.92. The van der Waals surface area contributed by atoms with E-state index < -0.39 is 92.6 Å². The Bertz CT molecular complexity index is 705. The van der Waals surface area contributed by atoms with E-state index in [9.17, 15) is 40.5 Å². The number of aldehydes is 1. The number of carbonyl (C=O) groups excluding carboxylic acids is 1. The maximum atomic E-state index is 12.1. The number of carbonyl (C=O) groups is 2. The Balaban J connectivity index is 0.00000229.